The standard InChI is InChI=1S/C22H32FN3O4S/c1-3-13-31(29,30)26-10-4-5-20(26)22(28)25-11-8-18(9-12-25)21(27)24-15-17-7-6-16(2)19(23)14-17/h6-7,14,18,20H,3-5,8-13,15H2,1-2H3,(H,24,27). The molecule has 0 spiro atoms. The number of amides is 2. The van der Waals surface area contributed by atoms with Gasteiger partial charge in [0.05, 0.1) is 5.75 Å². The average Bonchev–Trinajstić information content (AvgIpc) is 3.25. The largest absolute Gasteiger partial charge is 0.352 e. The summed E-state index contributed by atoms with van der Waals surface area (Å²) in [4.78, 5) is 27.2. The molecular formula is C22H32FN3O4S. The van der Waals surface area contributed by atoms with Crippen molar-refractivity contribution in [1.29, 1.82) is 0 Å². The Balaban J connectivity index is 1.51. The fourth-order valence-electron chi connectivity index (χ4n) is 4.35. The van der Waals surface area contributed by atoms with Crippen molar-refractivity contribution in [3.63, 3.8) is 0 Å². The van der Waals surface area contributed by atoms with E-state index in [-0.39, 0.29) is 35.8 Å². The zero-order chi connectivity index (χ0) is 22.6. The number of piperidine rings is 1. The number of nitrogens with one attached hydrogen (secondary N) is 1. The van der Waals surface area contributed by atoms with E-state index < -0.39 is 16.1 Å². The lowest BCUT2D eigenvalue weighted by molar-refractivity contribution is -0.138. The van der Waals surface area contributed by atoms with Crippen LogP contribution < -0.4 is 5.32 Å². The van der Waals surface area contributed by atoms with E-state index in [9.17, 15) is 22.4 Å². The van der Waals surface area contributed by atoms with Crippen molar-refractivity contribution in [2.75, 3.05) is 25.4 Å². The molecule has 2 heterocycles. The fourth-order valence-corrected chi connectivity index (χ4v) is 6.09. The normalized spacial score (nSPS) is 20.7. The minimum atomic E-state index is -3.41. The van der Waals surface area contributed by atoms with Crippen LogP contribution in [0.25, 0.3) is 0 Å². The summed E-state index contributed by atoms with van der Waals surface area (Å²) in [6, 6.07) is 4.29. The van der Waals surface area contributed by atoms with Crippen LogP contribution in [0.3, 0.4) is 0 Å². The number of hydrogen-bond acceptors (Lipinski definition) is 4. The van der Waals surface area contributed by atoms with Crippen molar-refractivity contribution < 1.29 is 22.4 Å². The lowest BCUT2D eigenvalue weighted by atomic mass is 9.95. The van der Waals surface area contributed by atoms with Crippen molar-refractivity contribution in [1.82, 2.24) is 14.5 Å². The van der Waals surface area contributed by atoms with Gasteiger partial charge in [-0.1, -0.05) is 19.1 Å². The second-order valence-electron chi connectivity index (χ2n) is 8.49. The van der Waals surface area contributed by atoms with E-state index >= 15 is 0 Å². The minimum Gasteiger partial charge on any atom is -0.352 e. The second kappa shape index (κ2) is 10.1. The number of hydrogen-bond donors (Lipinski definition) is 1. The first-order chi connectivity index (χ1) is 14.7. The molecule has 31 heavy (non-hydrogen) atoms. The smallest absolute Gasteiger partial charge is 0.241 e. The van der Waals surface area contributed by atoms with Gasteiger partial charge in [-0.25, -0.2) is 12.8 Å². The molecule has 172 valence electrons. The van der Waals surface area contributed by atoms with E-state index in [0.29, 0.717) is 62.9 Å². The Kier molecular flexibility index (Phi) is 7.69. The third kappa shape index (κ3) is 5.63. The zero-order valence-corrected chi connectivity index (χ0v) is 19.1. The predicted molar refractivity (Wildman–Crippen MR) is 116 cm³/mol. The molecule has 7 nitrogen and oxygen atoms in total. The number of sulfonamides is 1. The molecule has 9 heteroatoms. The summed E-state index contributed by atoms with van der Waals surface area (Å²) in [7, 11) is -3.41. The van der Waals surface area contributed by atoms with Crippen molar-refractivity contribution >= 4 is 21.8 Å². The summed E-state index contributed by atoms with van der Waals surface area (Å²) in [5, 5.41) is 2.86. The fraction of sp³-hybridized carbons (Fsp3) is 0.636. The molecule has 0 saturated carbocycles. The predicted octanol–water partition coefficient (Wildman–Crippen LogP) is 2.19. The maximum Gasteiger partial charge on any atom is 0.241 e. The molecule has 1 aromatic rings. The third-order valence-corrected chi connectivity index (χ3v) is 8.26. The molecule has 2 aliphatic heterocycles. The second-order valence-corrected chi connectivity index (χ2v) is 10.5. The summed E-state index contributed by atoms with van der Waals surface area (Å²) >= 11 is 0. The quantitative estimate of drug-likeness (QED) is 0.686. The van der Waals surface area contributed by atoms with Crippen molar-refractivity contribution in [2.24, 2.45) is 5.92 Å². The molecule has 0 aliphatic carbocycles. The van der Waals surface area contributed by atoms with Crippen molar-refractivity contribution in [3.8, 4) is 0 Å². The average molecular weight is 454 g/mol. The van der Waals surface area contributed by atoms with Gasteiger partial charge in [0.1, 0.15) is 11.9 Å². The van der Waals surface area contributed by atoms with Crippen LogP contribution in [0.4, 0.5) is 4.39 Å². The number of halogens is 1. The minimum absolute atomic E-state index is 0.0594. The number of nitrogens with zero attached hydrogens (tertiary/aromatic N) is 2. The van der Waals surface area contributed by atoms with Gasteiger partial charge >= 0.3 is 0 Å². The molecule has 2 amide bonds. The van der Waals surface area contributed by atoms with Gasteiger partial charge < -0.3 is 10.2 Å². The van der Waals surface area contributed by atoms with Gasteiger partial charge in [-0.15, -0.1) is 0 Å². The molecule has 1 aromatic carbocycles. The molecule has 3 rings (SSSR count). The van der Waals surface area contributed by atoms with Gasteiger partial charge in [0, 0.05) is 32.1 Å². The Morgan fingerprint density at radius 2 is 1.87 bits per heavy atom. The van der Waals surface area contributed by atoms with Crippen LogP contribution in [-0.4, -0.2) is 60.9 Å². The Bertz CT molecular complexity index is 913. The highest BCUT2D eigenvalue weighted by Gasteiger charge is 2.41. The van der Waals surface area contributed by atoms with E-state index in [1.165, 1.54) is 10.4 Å². The van der Waals surface area contributed by atoms with Gasteiger partial charge in [0.2, 0.25) is 21.8 Å². The third-order valence-electron chi connectivity index (χ3n) is 6.19. The first kappa shape index (κ1) is 23.7. The first-order valence-electron chi connectivity index (χ1n) is 11.0. The van der Waals surface area contributed by atoms with Crippen LogP contribution in [0, 0.1) is 18.7 Å². The van der Waals surface area contributed by atoms with Crippen LogP contribution >= 0.6 is 0 Å². The van der Waals surface area contributed by atoms with Gasteiger partial charge in [-0.2, -0.15) is 4.31 Å². The summed E-state index contributed by atoms with van der Waals surface area (Å²) in [6.45, 7) is 5.05. The van der Waals surface area contributed by atoms with E-state index in [1.807, 2.05) is 6.92 Å². The zero-order valence-electron chi connectivity index (χ0n) is 18.3. The molecule has 1 atom stereocenters. The van der Waals surface area contributed by atoms with Crippen molar-refractivity contribution in [2.45, 2.75) is 58.5 Å². The highest BCUT2D eigenvalue weighted by molar-refractivity contribution is 7.89. The molecule has 1 N–H and O–H groups in total. The van der Waals surface area contributed by atoms with Crippen LogP contribution in [0.1, 0.15) is 50.2 Å². The van der Waals surface area contributed by atoms with Gasteiger partial charge in [-0.05, 0) is 56.2 Å². The molecule has 1 unspecified atom stereocenters. The Labute approximate surface area is 184 Å². The number of likely N-dealkylation sites (tertiary alicyclic amines) is 1. The lowest BCUT2D eigenvalue weighted by Gasteiger charge is -2.34. The SMILES string of the molecule is CCCS(=O)(=O)N1CCCC1C(=O)N1CCC(C(=O)NCc2ccc(C)c(F)c2)CC1. The number of rotatable bonds is 7. The van der Waals surface area contributed by atoms with Crippen LogP contribution in [-0.2, 0) is 26.2 Å². The number of carbonyl (C=O) groups is 2. The highest BCUT2D eigenvalue weighted by Crippen LogP contribution is 2.26. The molecule has 0 bridgehead atoms. The number of benzene rings is 1. The molecule has 2 aliphatic rings. The summed E-state index contributed by atoms with van der Waals surface area (Å²) < 4.78 is 40.0. The topological polar surface area (TPSA) is 86.8 Å². The maximum absolute atomic E-state index is 13.7. The molecular weight excluding hydrogens is 421 g/mol. The molecule has 2 saturated heterocycles. The first-order valence-corrected chi connectivity index (χ1v) is 12.6. The number of aryl methyl sites for hydroxylation is 1. The lowest BCUT2D eigenvalue weighted by Crippen LogP contribution is -2.51. The highest BCUT2D eigenvalue weighted by atomic mass is 32.2. The van der Waals surface area contributed by atoms with Crippen LogP contribution in [0.5, 0.6) is 0 Å². The maximum atomic E-state index is 13.7. The van der Waals surface area contributed by atoms with Crippen LogP contribution in [0.15, 0.2) is 18.2 Å². The summed E-state index contributed by atoms with van der Waals surface area (Å²) in [6.07, 6.45) is 2.84. The van der Waals surface area contributed by atoms with Gasteiger partial charge in [0.15, 0.2) is 0 Å². The van der Waals surface area contributed by atoms with Crippen molar-refractivity contribution in [3.05, 3.63) is 35.1 Å². The summed E-state index contributed by atoms with van der Waals surface area (Å²) in [5.41, 5.74) is 1.27. The Morgan fingerprint density at radius 1 is 1.16 bits per heavy atom. The van der Waals surface area contributed by atoms with Gasteiger partial charge in [0.25, 0.3) is 0 Å². The van der Waals surface area contributed by atoms with Gasteiger partial charge in [-0.3, -0.25) is 9.59 Å². The van der Waals surface area contributed by atoms with E-state index in [2.05, 4.69) is 5.32 Å². The molecule has 0 radical (unpaired) electrons. The number of carbonyl (C=O) groups excluding carboxylic acids is 2. The Hall–Kier alpha value is -2.00. The molecule has 2 fully saturated rings. The molecule has 0 aromatic heterocycles. The van der Waals surface area contributed by atoms with E-state index in [1.54, 1.807) is 24.0 Å². The Morgan fingerprint density at radius 3 is 2.52 bits per heavy atom. The van der Waals surface area contributed by atoms with Crippen LogP contribution in [0.2, 0.25) is 0 Å². The van der Waals surface area contributed by atoms with E-state index in [4.69, 9.17) is 0 Å². The monoisotopic (exact) mass is 453 g/mol. The van der Waals surface area contributed by atoms with E-state index in [0.717, 1.165) is 0 Å². The summed E-state index contributed by atoms with van der Waals surface area (Å²) in [5.74, 6) is -0.681.